The molecule has 0 bridgehead atoms. The van der Waals surface area contributed by atoms with E-state index in [0.29, 0.717) is 12.1 Å². The molecule has 170 valence electrons. The van der Waals surface area contributed by atoms with Crippen molar-refractivity contribution in [2.45, 2.75) is 44.0 Å². The summed E-state index contributed by atoms with van der Waals surface area (Å²) in [5.74, 6) is -0.200. The molecule has 0 aromatic heterocycles. The van der Waals surface area contributed by atoms with Crippen LogP contribution in [0.25, 0.3) is 0 Å². The highest BCUT2D eigenvalue weighted by molar-refractivity contribution is 7.92. The number of amides is 1. The van der Waals surface area contributed by atoms with Crippen molar-refractivity contribution in [2.24, 2.45) is 0 Å². The smallest absolute Gasteiger partial charge is 0.232 e. The third kappa shape index (κ3) is 7.36. The van der Waals surface area contributed by atoms with Crippen molar-refractivity contribution < 1.29 is 21.6 Å². The van der Waals surface area contributed by atoms with Gasteiger partial charge in [-0.3, -0.25) is 9.10 Å². The Morgan fingerprint density at radius 2 is 1.55 bits per heavy atom. The highest BCUT2D eigenvalue weighted by Gasteiger charge is 2.18. The maximum absolute atomic E-state index is 12.3. The second-order valence-electron chi connectivity index (χ2n) is 7.59. The highest BCUT2D eigenvalue weighted by Crippen LogP contribution is 2.20. The first-order valence-electron chi connectivity index (χ1n) is 10.1. The average Bonchev–Trinajstić information content (AvgIpc) is 2.70. The molecule has 0 aliphatic rings. The van der Waals surface area contributed by atoms with Crippen LogP contribution in [0.3, 0.4) is 0 Å². The van der Waals surface area contributed by atoms with Gasteiger partial charge in [0.25, 0.3) is 0 Å². The van der Waals surface area contributed by atoms with Crippen LogP contribution in [0.15, 0.2) is 53.4 Å². The first kappa shape index (κ1) is 24.9. The molecule has 2 aromatic carbocycles. The van der Waals surface area contributed by atoms with Gasteiger partial charge in [-0.1, -0.05) is 31.2 Å². The van der Waals surface area contributed by atoms with Gasteiger partial charge in [-0.05, 0) is 55.2 Å². The summed E-state index contributed by atoms with van der Waals surface area (Å²) in [6, 6.07) is 13.4. The molecule has 0 aliphatic heterocycles. The number of anilines is 1. The number of carbonyl (C=O) groups is 1. The van der Waals surface area contributed by atoms with Gasteiger partial charge in [0.1, 0.15) is 0 Å². The molecule has 1 N–H and O–H groups in total. The number of benzene rings is 2. The second kappa shape index (κ2) is 10.3. The first-order chi connectivity index (χ1) is 14.4. The zero-order valence-electron chi connectivity index (χ0n) is 18.3. The molecule has 0 spiro atoms. The lowest BCUT2D eigenvalue weighted by Gasteiger charge is -2.23. The summed E-state index contributed by atoms with van der Waals surface area (Å²) in [4.78, 5) is 12.6. The summed E-state index contributed by atoms with van der Waals surface area (Å²) in [6.45, 7) is 4.05. The molecule has 0 saturated heterocycles. The quantitative estimate of drug-likeness (QED) is 0.580. The molecule has 7 nitrogen and oxygen atoms in total. The Hall–Kier alpha value is -2.39. The van der Waals surface area contributed by atoms with E-state index >= 15 is 0 Å². The third-order valence-corrected chi connectivity index (χ3v) is 7.31. The minimum Gasteiger partial charge on any atom is -0.350 e. The van der Waals surface area contributed by atoms with E-state index in [1.54, 1.807) is 24.3 Å². The van der Waals surface area contributed by atoms with E-state index in [2.05, 4.69) is 5.32 Å². The average molecular weight is 467 g/mol. The molecule has 2 aromatic rings. The van der Waals surface area contributed by atoms with Gasteiger partial charge in [-0.25, -0.2) is 16.8 Å². The Kier molecular flexibility index (Phi) is 8.25. The van der Waals surface area contributed by atoms with Crippen LogP contribution >= 0.6 is 0 Å². The van der Waals surface area contributed by atoms with Crippen molar-refractivity contribution >= 4 is 31.5 Å². The van der Waals surface area contributed by atoms with Crippen molar-refractivity contribution in [3.8, 4) is 0 Å². The number of carbonyl (C=O) groups excluding carboxylic acids is 1. The summed E-state index contributed by atoms with van der Waals surface area (Å²) in [6.07, 6.45) is 3.71. The Morgan fingerprint density at radius 3 is 2.03 bits per heavy atom. The van der Waals surface area contributed by atoms with Gasteiger partial charge in [0.15, 0.2) is 9.84 Å². The van der Waals surface area contributed by atoms with Crippen LogP contribution < -0.4 is 9.62 Å². The minimum absolute atomic E-state index is 0.171. The number of hydrogen-bond donors (Lipinski definition) is 1. The molecule has 2 rings (SSSR count). The van der Waals surface area contributed by atoms with Crippen molar-refractivity contribution in [1.82, 2.24) is 5.32 Å². The number of sulfonamides is 1. The number of aryl methyl sites for hydroxylation is 1. The predicted octanol–water partition coefficient (Wildman–Crippen LogP) is 3.08. The van der Waals surface area contributed by atoms with Crippen LogP contribution in [0.5, 0.6) is 0 Å². The summed E-state index contributed by atoms with van der Waals surface area (Å²) in [7, 11) is -6.73. The maximum Gasteiger partial charge on any atom is 0.232 e. The first-order valence-corrected chi connectivity index (χ1v) is 13.8. The summed E-state index contributed by atoms with van der Waals surface area (Å²) in [5, 5.41) is 2.87. The summed E-state index contributed by atoms with van der Waals surface area (Å²) in [5.41, 5.74) is 2.49. The molecule has 0 heterocycles. The van der Waals surface area contributed by atoms with Crippen LogP contribution in [-0.2, 0) is 31.1 Å². The Morgan fingerprint density at radius 1 is 0.968 bits per heavy atom. The van der Waals surface area contributed by atoms with Gasteiger partial charge in [-0.15, -0.1) is 0 Å². The van der Waals surface area contributed by atoms with Crippen LogP contribution in [0.1, 0.15) is 43.9 Å². The maximum atomic E-state index is 12.3. The Balaban J connectivity index is 1.94. The van der Waals surface area contributed by atoms with E-state index < -0.39 is 19.9 Å². The Bertz CT molecular complexity index is 1090. The molecule has 31 heavy (non-hydrogen) atoms. The lowest BCUT2D eigenvalue weighted by atomic mass is 10.1. The fourth-order valence-electron chi connectivity index (χ4n) is 3.17. The molecule has 1 atom stereocenters. The van der Waals surface area contributed by atoms with Gasteiger partial charge in [0, 0.05) is 19.2 Å². The lowest BCUT2D eigenvalue weighted by Crippen LogP contribution is -2.32. The molecule has 0 saturated carbocycles. The van der Waals surface area contributed by atoms with Gasteiger partial charge in [-0.2, -0.15) is 0 Å². The fourth-order valence-corrected chi connectivity index (χ4v) is 4.76. The highest BCUT2D eigenvalue weighted by atomic mass is 32.2. The largest absolute Gasteiger partial charge is 0.350 e. The van der Waals surface area contributed by atoms with E-state index in [1.807, 2.05) is 26.0 Å². The number of sulfone groups is 1. The van der Waals surface area contributed by atoms with E-state index in [-0.39, 0.29) is 29.8 Å². The third-order valence-electron chi connectivity index (χ3n) is 4.98. The molecule has 9 heteroatoms. The van der Waals surface area contributed by atoms with Crippen LogP contribution in [-0.4, -0.2) is 41.8 Å². The monoisotopic (exact) mass is 466 g/mol. The predicted molar refractivity (Wildman–Crippen MR) is 123 cm³/mol. The number of hydrogen-bond acceptors (Lipinski definition) is 5. The summed E-state index contributed by atoms with van der Waals surface area (Å²) < 4.78 is 48.8. The van der Waals surface area contributed by atoms with Gasteiger partial charge >= 0.3 is 0 Å². The normalized spacial score (nSPS) is 12.9. The van der Waals surface area contributed by atoms with E-state index in [1.165, 1.54) is 16.4 Å². The van der Waals surface area contributed by atoms with Crippen molar-refractivity contribution in [1.29, 1.82) is 0 Å². The summed E-state index contributed by atoms with van der Waals surface area (Å²) >= 11 is 0. The second-order valence-corrected chi connectivity index (χ2v) is 11.5. The molecule has 0 radical (unpaired) electrons. The number of nitrogens with zero attached hydrogens (tertiary/aromatic N) is 1. The van der Waals surface area contributed by atoms with Gasteiger partial charge < -0.3 is 5.32 Å². The molecular formula is C22H30N2O5S2. The minimum atomic E-state index is -3.47. The van der Waals surface area contributed by atoms with Crippen molar-refractivity contribution in [2.75, 3.05) is 23.4 Å². The SMILES string of the molecule is CCc1ccc(N(CCCC(=O)NC(C)c2ccc(S(C)(=O)=O)cc2)S(C)(=O)=O)cc1. The van der Waals surface area contributed by atoms with E-state index in [4.69, 9.17) is 0 Å². The fraction of sp³-hybridized carbons (Fsp3) is 0.409. The topological polar surface area (TPSA) is 101 Å². The van der Waals surface area contributed by atoms with E-state index in [9.17, 15) is 21.6 Å². The van der Waals surface area contributed by atoms with Crippen molar-refractivity contribution in [3.05, 3.63) is 59.7 Å². The van der Waals surface area contributed by atoms with Gasteiger partial charge in [0.2, 0.25) is 15.9 Å². The molecule has 1 amide bonds. The van der Waals surface area contributed by atoms with Crippen molar-refractivity contribution in [3.63, 3.8) is 0 Å². The molecular weight excluding hydrogens is 436 g/mol. The number of nitrogens with one attached hydrogen (secondary N) is 1. The zero-order chi connectivity index (χ0) is 23.2. The lowest BCUT2D eigenvalue weighted by molar-refractivity contribution is -0.121. The number of rotatable bonds is 10. The van der Waals surface area contributed by atoms with Crippen LogP contribution in [0, 0.1) is 0 Å². The zero-order valence-corrected chi connectivity index (χ0v) is 20.0. The molecule has 0 aliphatic carbocycles. The molecule has 0 fully saturated rings. The van der Waals surface area contributed by atoms with Crippen LogP contribution in [0.2, 0.25) is 0 Å². The van der Waals surface area contributed by atoms with Gasteiger partial charge in [0.05, 0.1) is 22.9 Å². The standard InChI is InChI=1S/C22H30N2O5S2/c1-5-18-8-12-20(13-9-18)24(31(4,28)29)16-6-7-22(25)23-17(2)19-10-14-21(15-11-19)30(3,26)27/h8-15,17H,5-7,16H2,1-4H3,(H,23,25). The Labute approximate surface area is 185 Å². The van der Waals surface area contributed by atoms with Crippen LogP contribution in [0.4, 0.5) is 5.69 Å². The van der Waals surface area contributed by atoms with E-state index in [0.717, 1.165) is 30.1 Å². The molecule has 1 unspecified atom stereocenters.